The molecule has 0 saturated carbocycles. The number of hydrogen-bond donors (Lipinski definition) is 1. The Morgan fingerprint density at radius 1 is 1.00 bits per heavy atom. The standard InChI is InChI=1S/C12H26O2/c1-6-12(5,13)8-10-14-9-7-11(2,3)4/h13H,6-10H2,1-5H3. The molecule has 0 bridgehead atoms. The third kappa shape index (κ3) is 8.52. The molecule has 0 saturated heterocycles. The lowest BCUT2D eigenvalue weighted by Gasteiger charge is -2.22. The highest BCUT2D eigenvalue weighted by Crippen LogP contribution is 2.18. The zero-order valence-corrected chi connectivity index (χ0v) is 10.4. The lowest BCUT2D eigenvalue weighted by molar-refractivity contribution is 0.00768. The van der Waals surface area contributed by atoms with Crippen LogP contribution in [0.4, 0.5) is 0 Å². The topological polar surface area (TPSA) is 29.5 Å². The predicted molar refractivity (Wildman–Crippen MR) is 60.4 cm³/mol. The molecule has 0 aliphatic carbocycles. The Kier molecular flexibility index (Phi) is 5.68. The highest BCUT2D eigenvalue weighted by Gasteiger charge is 2.17. The smallest absolute Gasteiger partial charge is 0.0639 e. The minimum absolute atomic E-state index is 0.341. The Morgan fingerprint density at radius 3 is 1.93 bits per heavy atom. The summed E-state index contributed by atoms with van der Waals surface area (Å²) in [7, 11) is 0. The summed E-state index contributed by atoms with van der Waals surface area (Å²) in [5.41, 5.74) is -0.213. The van der Waals surface area contributed by atoms with Crippen molar-refractivity contribution in [1.82, 2.24) is 0 Å². The molecule has 2 nitrogen and oxygen atoms in total. The highest BCUT2D eigenvalue weighted by atomic mass is 16.5. The Hall–Kier alpha value is -0.0800. The fraction of sp³-hybridized carbons (Fsp3) is 1.00. The van der Waals surface area contributed by atoms with Gasteiger partial charge in [0.1, 0.15) is 0 Å². The molecule has 0 amide bonds. The molecule has 0 aliphatic heterocycles. The van der Waals surface area contributed by atoms with E-state index in [4.69, 9.17) is 4.74 Å². The van der Waals surface area contributed by atoms with Crippen LogP contribution in [0.5, 0.6) is 0 Å². The van der Waals surface area contributed by atoms with Crippen LogP contribution in [0, 0.1) is 5.41 Å². The van der Waals surface area contributed by atoms with Gasteiger partial charge in [-0.1, -0.05) is 27.7 Å². The first kappa shape index (κ1) is 13.9. The van der Waals surface area contributed by atoms with Gasteiger partial charge in [-0.05, 0) is 31.6 Å². The minimum Gasteiger partial charge on any atom is -0.390 e. The molecule has 0 aromatic heterocycles. The van der Waals surface area contributed by atoms with E-state index >= 15 is 0 Å². The van der Waals surface area contributed by atoms with Crippen molar-refractivity contribution < 1.29 is 9.84 Å². The van der Waals surface area contributed by atoms with Crippen LogP contribution >= 0.6 is 0 Å². The molecule has 1 N–H and O–H groups in total. The fourth-order valence-electron chi connectivity index (χ4n) is 0.949. The highest BCUT2D eigenvalue weighted by molar-refractivity contribution is 4.69. The molecule has 0 aromatic rings. The Labute approximate surface area is 88.7 Å². The summed E-state index contributed by atoms with van der Waals surface area (Å²) in [5, 5.41) is 9.70. The van der Waals surface area contributed by atoms with E-state index in [1.165, 1.54) is 0 Å². The van der Waals surface area contributed by atoms with Crippen LogP contribution in [0.15, 0.2) is 0 Å². The van der Waals surface area contributed by atoms with E-state index in [0.717, 1.165) is 25.9 Å². The number of ether oxygens (including phenoxy) is 1. The van der Waals surface area contributed by atoms with Crippen LogP contribution < -0.4 is 0 Å². The summed E-state index contributed by atoms with van der Waals surface area (Å²) in [6.45, 7) is 11.9. The van der Waals surface area contributed by atoms with Gasteiger partial charge < -0.3 is 9.84 Å². The maximum absolute atomic E-state index is 9.70. The molecule has 1 unspecified atom stereocenters. The average molecular weight is 202 g/mol. The third-order valence-corrected chi connectivity index (χ3v) is 2.54. The second kappa shape index (κ2) is 5.72. The first-order valence-electron chi connectivity index (χ1n) is 5.57. The maximum Gasteiger partial charge on any atom is 0.0639 e. The average Bonchev–Trinajstić information content (AvgIpc) is 2.01. The molecule has 0 aromatic carbocycles. The van der Waals surface area contributed by atoms with Gasteiger partial charge in [-0.2, -0.15) is 0 Å². The van der Waals surface area contributed by atoms with E-state index in [2.05, 4.69) is 20.8 Å². The molecular weight excluding hydrogens is 176 g/mol. The van der Waals surface area contributed by atoms with Crippen molar-refractivity contribution in [3.05, 3.63) is 0 Å². The van der Waals surface area contributed by atoms with Gasteiger partial charge in [-0.3, -0.25) is 0 Å². The van der Waals surface area contributed by atoms with Crippen LogP contribution in [0.1, 0.15) is 53.9 Å². The Morgan fingerprint density at radius 2 is 1.50 bits per heavy atom. The van der Waals surface area contributed by atoms with Gasteiger partial charge in [-0.15, -0.1) is 0 Å². The van der Waals surface area contributed by atoms with Crippen molar-refractivity contribution in [2.75, 3.05) is 13.2 Å². The van der Waals surface area contributed by atoms with Crippen molar-refractivity contribution in [2.45, 2.75) is 59.5 Å². The minimum atomic E-state index is -0.554. The Bertz CT molecular complexity index is 145. The predicted octanol–water partition coefficient (Wildman–Crippen LogP) is 2.99. The summed E-state index contributed by atoms with van der Waals surface area (Å²) >= 11 is 0. The number of rotatable bonds is 6. The summed E-state index contributed by atoms with van der Waals surface area (Å²) in [6, 6.07) is 0. The largest absolute Gasteiger partial charge is 0.390 e. The summed E-state index contributed by atoms with van der Waals surface area (Å²) in [6.07, 6.45) is 2.59. The summed E-state index contributed by atoms with van der Waals surface area (Å²) < 4.78 is 5.49. The van der Waals surface area contributed by atoms with Gasteiger partial charge in [0.05, 0.1) is 5.60 Å². The monoisotopic (exact) mass is 202 g/mol. The van der Waals surface area contributed by atoms with Gasteiger partial charge in [-0.25, -0.2) is 0 Å². The van der Waals surface area contributed by atoms with Crippen LogP contribution in [-0.2, 0) is 4.74 Å². The molecule has 2 heteroatoms. The maximum atomic E-state index is 9.70. The van der Waals surface area contributed by atoms with E-state index < -0.39 is 5.60 Å². The molecule has 1 atom stereocenters. The molecule has 0 aliphatic rings. The molecule has 0 heterocycles. The Balaban J connectivity index is 3.39. The first-order chi connectivity index (χ1) is 6.27. The lowest BCUT2D eigenvalue weighted by atomic mass is 9.93. The molecule has 86 valence electrons. The molecular formula is C12H26O2. The van der Waals surface area contributed by atoms with E-state index in [0.29, 0.717) is 12.0 Å². The van der Waals surface area contributed by atoms with E-state index in [-0.39, 0.29) is 0 Å². The van der Waals surface area contributed by atoms with Crippen molar-refractivity contribution >= 4 is 0 Å². The molecule has 14 heavy (non-hydrogen) atoms. The molecule has 0 radical (unpaired) electrons. The van der Waals surface area contributed by atoms with Crippen molar-refractivity contribution in [3.63, 3.8) is 0 Å². The van der Waals surface area contributed by atoms with Crippen molar-refractivity contribution in [1.29, 1.82) is 0 Å². The normalized spacial score (nSPS) is 16.7. The first-order valence-corrected chi connectivity index (χ1v) is 5.57. The van der Waals surface area contributed by atoms with Crippen LogP contribution in [0.2, 0.25) is 0 Å². The number of aliphatic hydroxyl groups is 1. The number of hydrogen-bond acceptors (Lipinski definition) is 2. The van der Waals surface area contributed by atoms with E-state index in [1.807, 2.05) is 13.8 Å². The van der Waals surface area contributed by atoms with Gasteiger partial charge >= 0.3 is 0 Å². The SMILES string of the molecule is CCC(C)(O)CCOCCC(C)(C)C. The van der Waals surface area contributed by atoms with Crippen LogP contribution in [0.3, 0.4) is 0 Å². The zero-order chi connectivity index (χ0) is 11.2. The van der Waals surface area contributed by atoms with Gasteiger partial charge in [0.25, 0.3) is 0 Å². The second-order valence-corrected chi connectivity index (χ2v) is 5.52. The van der Waals surface area contributed by atoms with Crippen LogP contribution in [-0.4, -0.2) is 23.9 Å². The fourth-order valence-corrected chi connectivity index (χ4v) is 0.949. The third-order valence-electron chi connectivity index (χ3n) is 2.54. The van der Waals surface area contributed by atoms with E-state index in [9.17, 15) is 5.11 Å². The van der Waals surface area contributed by atoms with Gasteiger partial charge in [0.15, 0.2) is 0 Å². The van der Waals surface area contributed by atoms with Crippen LogP contribution in [0.25, 0.3) is 0 Å². The zero-order valence-electron chi connectivity index (χ0n) is 10.4. The summed E-state index contributed by atoms with van der Waals surface area (Å²) in [4.78, 5) is 0. The second-order valence-electron chi connectivity index (χ2n) is 5.52. The molecule has 0 spiro atoms. The van der Waals surface area contributed by atoms with E-state index in [1.54, 1.807) is 0 Å². The lowest BCUT2D eigenvalue weighted by Crippen LogP contribution is -2.25. The quantitative estimate of drug-likeness (QED) is 0.671. The van der Waals surface area contributed by atoms with Gasteiger partial charge in [0.2, 0.25) is 0 Å². The summed E-state index contributed by atoms with van der Waals surface area (Å²) in [5.74, 6) is 0. The van der Waals surface area contributed by atoms with Crippen molar-refractivity contribution in [2.24, 2.45) is 5.41 Å². The molecule has 0 rings (SSSR count). The molecule has 0 fully saturated rings. The van der Waals surface area contributed by atoms with Gasteiger partial charge in [0, 0.05) is 13.2 Å². The van der Waals surface area contributed by atoms with Crippen molar-refractivity contribution in [3.8, 4) is 0 Å².